The highest BCUT2D eigenvalue weighted by molar-refractivity contribution is 6.35. The van der Waals surface area contributed by atoms with Crippen LogP contribution in [0.5, 0.6) is 11.5 Å². The molecule has 0 aromatic heterocycles. The predicted molar refractivity (Wildman–Crippen MR) is 136 cm³/mol. The SMILES string of the molecule is COc1cc(CN[C@@H](C)C23CC4CC(CC(C4)C2)C3)cc(Cl)c1OCc1ccc(Cl)cc1Cl. The fraction of sp³-hybridized carbons (Fsp3) is 0.556. The van der Waals surface area contributed by atoms with Gasteiger partial charge in [-0.15, -0.1) is 0 Å². The molecule has 0 aliphatic heterocycles. The quantitative estimate of drug-likeness (QED) is 0.393. The summed E-state index contributed by atoms with van der Waals surface area (Å²) in [5, 5.41) is 5.54. The zero-order valence-corrected chi connectivity index (χ0v) is 21.6. The van der Waals surface area contributed by atoms with E-state index in [1.54, 1.807) is 19.2 Å². The highest BCUT2D eigenvalue weighted by Crippen LogP contribution is 2.61. The topological polar surface area (TPSA) is 30.5 Å². The molecule has 1 N–H and O–H groups in total. The second-order valence-corrected chi connectivity index (χ2v) is 11.8. The molecule has 4 aliphatic carbocycles. The van der Waals surface area contributed by atoms with Crippen molar-refractivity contribution >= 4 is 34.8 Å². The van der Waals surface area contributed by atoms with Crippen molar-refractivity contribution in [3.05, 3.63) is 56.5 Å². The monoisotopic (exact) mass is 507 g/mol. The summed E-state index contributed by atoms with van der Waals surface area (Å²) in [6, 6.07) is 9.85. The summed E-state index contributed by atoms with van der Waals surface area (Å²) in [4.78, 5) is 0. The van der Waals surface area contributed by atoms with E-state index < -0.39 is 0 Å². The normalized spacial score (nSPS) is 28.7. The molecule has 0 radical (unpaired) electrons. The summed E-state index contributed by atoms with van der Waals surface area (Å²) in [6.45, 7) is 3.44. The van der Waals surface area contributed by atoms with E-state index in [1.807, 2.05) is 18.2 Å². The van der Waals surface area contributed by atoms with Gasteiger partial charge in [0.15, 0.2) is 11.5 Å². The van der Waals surface area contributed by atoms with E-state index in [4.69, 9.17) is 44.3 Å². The number of ether oxygens (including phenoxy) is 2. The zero-order valence-electron chi connectivity index (χ0n) is 19.3. The van der Waals surface area contributed by atoms with Gasteiger partial charge < -0.3 is 14.8 Å². The zero-order chi connectivity index (χ0) is 23.2. The highest BCUT2D eigenvalue weighted by Gasteiger charge is 2.52. The summed E-state index contributed by atoms with van der Waals surface area (Å²) < 4.78 is 11.6. The minimum Gasteiger partial charge on any atom is -0.493 e. The first-order valence-electron chi connectivity index (χ1n) is 12.0. The van der Waals surface area contributed by atoms with Crippen LogP contribution >= 0.6 is 34.8 Å². The number of halogens is 3. The summed E-state index contributed by atoms with van der Waals surface area (Å²) in [7, 11) is 1.64. The van der Waals surface area contributed by atoms with Crippen molar-refractivity contribution in [3.8, 4) is 11.5 Å². The molecule has 0 spiro atoms. The Morgan fingerprint density at radius 3 is 2.24 bits per heavy atom. The molecule has 6 rings (SSSR count). The maximum Gasteiger partial charge on any atom is 0.180 e. The lowest BCUT2D eigenvalue weighted by Crippen LogP contribution is -2.54. The first-order chi connectivity index (χ1) is 15.8. The number of benzene rings is 2. The van der Waals surface area contributed by atoms with Gasteiger partial charge in [-0.1, -0.05) is 40.9 Å². The van der Waals surface area contributed by atoms with Crippen molar-refractivity contribution < 1.29 is 9.47 Å². The largest absolute Gasteiger partial charge is 0.493 e. The van der Waals surface area contributed by atoms with E-state index in [-0.39, 0.29) is 6.61 Å². The molecule has 4 saturated carbocycles. The van der Waals surface area contributed by atoms with Crippen molar-refractivity contribution in [2.45, 2.75) is 64.6 Å². The van der Waals surface area contributed by atoms with Crippen LogP contribution in [0, 0.1) is 23.2 Å². The van der Waals surface area contributed by atoms with Crippen LogP contribution in [0.25, 0.3) is 0 Å². The average molecular weight is 509 g/mol. The Labute approximate surface area is 212 Å². The molecule has 2 aromatic carbocycles. The summed E-state index contributed by atoms with van der Waals surface area (Å²) in [5.41, 5.74) is 2.42. The Balaban J connectivity index is 1.25. The van der Waals surface area contributed by atoms with Crippen LogP contribution < -0.4 is 14.8 Å². The van der Waals surface area contributed by atoms with Crippen LogP contribution in [0.15, 0.2) is 30.3 Å². The Morgan fingerprint density at radius 1 is 0.970 bits per heavy atom. The summed E-state index contributed by atoms with van der Waals surface area (Å²) in [6.07, 6.45) is 8.62. The molecule has 178 valence electrons. The molecule has 4 fully saturated rings. The van der Waals surface area contributed by atoms with E-state index in [2.05, 4.69) is 12.2 Å². The van der Waals surface area contributed by atoms with Crippen molar-refractivity contribution in [2.75, 3.05) is 7.11 Å². The standard InChI is InChI=1S/C27H32Cl3NO2/c1-16(27-11-17-5-18(12-27)7-19(6-17)13-27)31-14-20-8-24(30)26(25(9-20)32-2)33-15-21-3-4-22(28)10-23(21)29/h3-4,8-10,16-19,31H,5-7,11-15H2,1-2H3/t16-,17?,18?,19?,27?/m0/s1. The number of methoxy groups -OCH3 is 1. The van der Waals surface area contributed by atoms with Crippen molar-refractivity contribution in [3.63, 3.8) is 0 Å². The lowest BCUT2D eigenvalue weighted by Gasteiger charge is -2.59. The molecule has 4 bridgehead atoms. The second-order valence-electron chi connectivity index (χ2n) is 10.5. The Morgan fingerprint density at radius 2 is 1.64 bits per heavy atom. The van der Waals surface area contributed by atoms with Crippen LogP contribution in [-0.2, 0) is 13.2 Å². The van der Waals surface area contributed by atoms with Crippen molar-refractivity contribution in [2.24, 2.45) is 23.2 Å². The van der Waals surface area contributed by atoms with Crippen LogP contribution in [0.1, 0.15) is 56.6 Å². The third-order valence-electron chi connectivity index (χ3n) is 8.29. The van der Waals surface area contributed by atoms with Crippen LogP contribution in [-0.4, -0.2) is 13.2 Å². The van der Waals surface area contributed by atoms with Gasteiger partial charge in [-0.3, -0.25) is 0 Å². The smallest absolute Gasteiger partial charge is 0.180 e. The van der Waals surface area contributed by atoms with Crippen LogP contribution in [0.4, 0.5) is 0 Å². The van der Waals surface area contributed by atoms with Gasteiger partial charge in [0.25, 0.3) is 0 Å². The summed E-state index contributed by atoms with van der Waals surface area (Å²) >= 11 is 18.9. The Bertz CT molecular complexity index is 989. The third-order valence-corrected chi connectivity index (χ3v) is 9.16. The molecule has 1 atom stereocenters. The molecule has 0 saturated heterocycles. The summed E-state index contributed by atoms with van der Waals surface area (Å²) in [5.74, 6) is 4.04. The molecule has 2 aromatic rings. The molecule has 33 heavy (non-hydrogen) atoms. The van der Waals surface area contributed by atoms with E-state index in [0.29, 0.717) is 38.0 Å². The fourth-order valence-corrected chi connectivity index (χ4v) is 7.75. The van der Waals surface area contributed by atoms with Gasteiger partial charge in [0.2, 0.25) is 0 Å². The highest BCUT2D eigenvalue weighted by atomic mass is 35.5. The van der Waals surface area contributed by atoms with Gasteiger partial charge >= 0.3 is 0 Å². The van der Waals surface area contributed by atoms with E-state index in [0.717, 1.165) is 35.4 Å². The maximum absolute atomic E-state index is 6.63. The first-order valence-corrected chi connectivity index (χ1v) is 13.1. The maximum atomic E-state index is 6.63. The van der Waals surface area contributed by atoms with Gasteiger partial charge in [0.1, 0.15) is 6.61 Å². The lowest BCUT2D eigenvalue weighted by atomic mass is 9.48. The Hall–Kier alpha value is -1.13. The van der Waals surface area contributed by atoms with Crippen LogP contribution in [0.3, 0.4) is 0 Å². The molecular weight excluding hydrogens is 477 g/mol. The molecule has 3 nitrogen and oxygen atoms in total. The number of hydrogen-bond acceptors (Lipinski definition) is 3. The van der Waals surface area contributed by atoms with Gasteiger partial charge in [-0.2, -0.15) is 0 Å². The third kappa shape index (κ3) is 4.85. The van der Waals surface area contributed by atoms with Crippen LogP contribution in [0.2, 0.25) is 15.1 Å². The number of hydrogen-bond donors (Lipinski definition) is 1. The molecule has 0 heterocycles. The minimum atomic E-state index is 0.284. The second kappa shape index (κ2) is 9.49. The molecular formula is C27H32Cl3NO2. The first kappa shape index (κ1) is 23.6. The van der Waals surface area contributed by atoms with E-state index >= 15 is 0 Å². The molecule has 4 aliphatic rings. The molecule has 6 heteroatoms. The Kier molecular flexibility index (Phi) is 6.79. The van der Waals surface area contributed by atoms with E-state index in [1.165, 1.54) is 38.5 Å². The van der Waals surface area contributed by atoms with E-state index in [9.17, 15) is 0 Å². The van der Waals surface area contributed by atoms with Gasteiger partial charge in [-0.05, 0) is 98.4 Å². The average Bonchev–Trinajstić information content (AvgIpc) is 2.76. The van der Waals surface area contributed by atoms with Crippen molar-refractivity contribution in [1.29, 1.82) is 0 Å². The van der Waals surface area contributed by atoms with Crippen molar-refractivity contribution in [1.82, 2.24) is 5.32 Å². The fourth-order valence-electron chi connectivity index (χ4n) is 7.00. The number of nitrogens with one attached hydrogen (secondary N) is 1. The predicted octanol–water partition coefficient (Wildman–Crippen LogP) is 7.93. The van der Waals surface area contributed by atoms with Gasteiger partial charge in [-0.25, -0.2) is 0 Å². The molecule has 0 amide bonds. The number of rotatable bonds is 8. The lowest BCUT2D eigenvalue weighted by molar-refractivity contribution is -0.0706. The minimum absolute atomic E-state index is 0.284. The molecule has 0 unspecified atom stereocenters. The van der Waals surface area contributed by atoms with Gasteiger partial charge in [0.05, 0.1) is 12.1 Å². The van der Waals surface area contributed by atoms with Gasteiger partial charge in [0, 0.05) is 28.2 Å².